The molecule has 0 bridgehead atoms. The van der Waals surface area contributed by atoms with E-state index < -0.39 is 0 Å². The zero-order chi connectivity index (χ0) is 21.8. The van der Waals surface area contributed by atoms with Gasteiger partial charge in [-0.25, -0.2) is 0 Å². The van der Waals surface area contributed by atoms with E-state index in [0.717, 1.165) is 50.5 Å². The molecular weight excluding hydrogens is 394 g/mol. The lowest BCUT2D eigenvalue weighted by atomic mass is 10.1. The number of hydrogen-bond donors (Lipinski definition) is 1. The van der Waals surface area contributed by atoms with Crippen molar-refractivity contribution in [3.05, 3.63) is 47.8 Å². The molecule has 0 aliphatic carbocycles. The zero-order valence-electron chi connectivity index (χ0n) is 18.3. The molecule has 8 heteroatoms. The minimum absolute atomic E-state index is 0.0176. The quantitative estimate of drug-likeness (QED) is 0.568. The molecule has 1 fully saturated rings. The minimum Gasteiger partial charge on any atom is -0.497 e. The fourth-order valence-electron chi connectivity index (χ4n) is 4.49. The maximum absolute atomic E-state index is 13.1. The van der Waals surface area contributed by atoms with Crippen LogP contribution in [0.1, 0.15) is 28.9 Å². The van der Waals surface area contributed by atoms with Gasteiger partial charge in [0.1, 0.15) is 11.4 Å². The van der Waals surface area contributed by atoms with Crippen LogP contribution >= 0.6 is 0 Å². The summed E-state index contributed by atoms with van der Waals surface area (Å²) in [5.74, 6) is 0.904. The fourth-order valence-corrected chi connectivity index (χ4v) is 4.49. The standard InChI is InChI=1S/C23H31N5O3/c1-25-11-7-20-21(24-30)8-12-28(23(29)22(20)25)10-4-9-26-13-15-27(16-14-26)18-5-3-6-19(17-18)31-2/h3,5-7,11,17,30H,4,8-10,12-16H2,1-2H3. The van der Waals surface area contributed by atoms with Gasteiger partial charge in [-0.1, -0.05) is 11.2 Å². The van der Waals surface area contributed by atoms with E-state index in [2.05, 4.69) is 27.1 Å². The number of hydrogen-bond acceptors (Lipinski definition) is 6. The first-order valence-corrected chi connectivity index (χ1v) is 10.9. The Kier molecular flexibility index (Phi) is 6.46. The van der Waals surface area contributed by atoms with E-state index in [4.69, 9.17) is 4.74 Å². The molecule has 4 rings (SSSR count). The van der Waals surface area contributed by atoms with Crippen LogP contribution in [0, 0.1) is 0 Å². The first-order valence-electron chi connectivity index (χ1n) is 10.9. The Balaban J connectivity index is 1.28. The minimum atomic E-state index is 0.0176. The van der Waals surface area contributed by atoms with Gasteiger partial charge in [-0.2, -0.15) is 0 Å². The molecule has 3 heterocycles. The number of anilines is 1. The average Bonchev–Trinajstić information content (AvgIpc) is 3.13. The van der Waals surface area contributed by atoms with Gasteiger partial charge >= 0.3 is 0 Å². The second kappa shape index (κ2) is 9.43. The zero-order valence-corrected chi connectivity index (χ0v) is 18.3. The molecule has 1 N–H and O–H groups in total. The van der Waals surface area contributed by atoms with Crippen molar-refractivity contribution in [2.24, 2.45) is 12.2 Å². The van der Waals surface area contributed by atoms with Gasteiger partial charge in [-0.3, -0.25) is 9.69 Å². The van der Waals surface area contributed by atoms with Crippen LogP contribution in [0.15, 0.2) is 41.7 Å². The largest absolute Gasteiger partial charge is 0.497 e. The highest BCUT2D eigenvalue weighted by atomic mass is 16.5. The van der Waals surface area contributed by atoms with Crippen molar-refractivity contribution in [3.63, 3.8) is 0 Å². The molecular formula is C23H31N5O3. The smallest absolute Gasteiger partial charge is 0.271 e. The number of aryl methyl sites for hydroxylation is 1. The highest BCUT2D eigenvalue weighted by molar-refractivity contribution is 6.11. The fraction of sp³-hybridized carbons (Fsp3) is 0.478. The van der Waals surface area contributed by atoms with E-state index in [1.807, 2.05) is 40.9 Å². The van der Waals surface area contributed by atoms with Gasteiger partial charge in [0, 0.05) is 76.3 Å². The van der Waals surface area contributed by atoms with Crippen molar-refractivity contribution in [1.29, 1.82) is 0 Å². The molecule has 8 nitrogen and oxygen atoms in total. The summed E-state index contributed by atoms with van der Waals surface area (Å²) in [6.45, 7) is 6.24. The monoisotopic (exact) mass is 425 g/mol. The van der Waals surface area contributed by atoms with E-state index in [1.54, 1.807) is 7.11 Å². The van der Waals surface area contributed by atoms with E-state index in [-0.39, 0.29) is 5.91 Å². The molecule has 0 saturated carbocycles. The molecule has 2 aromatic rings. The highest BCUT2D eigenvalue weighted by Gasteiger charge is 2.28. The highest BCUT2D eigenvalue weighted by Crippen LogP contribution is 2.23. The van der Waals surface area contributed by atoms with Gasteiger partial charge in [-0.05, 0) is 31.2 Å². The van der Waals surface area contributed by atoms with Crippen LogP contribution in [-0.2, 0) is 7.05 Å². The number of methoxy groups -OCH3 is 1. The van der Waals surface area contributed by atoms with Gasteiger partial charge in [-0.15, -0.1) is 0 Å². The second-order valence-corrected chi connectivity index (χ2v) is 8.16. The normalized spacial score (nSPS) is 18.9. The molecule has 0 radical (unpaired) electrons. The van der Waals surface area contributed by atoms with E-state index in [9.17, 15) is 10.0 Å². The number of benzene rings is 1. The second-order valence-electron chi connectivity index (χ2n) is 8.16. The lowest BCUT2D eigenvalue weighted by molar-refractivity contribution is 0.0745. The van der Waals surface area contributed by atoms with Crippen LogP contribution in [0.2, 0.25) is 0 Å². The summed E-state index contributed by atoms with van der Waals surface area (Å²) in [5, 5.41) is 12.8. The number of fused-ring (bicyclic) bond motifs is 1. The van der Waals surface area contributed by atoms with Crippen molar-refractivity contribution in [2.75, 3.05) is 57.8 Å². The van der Waals surface area contributed by atoms with Crippen LogP contribution in [0.25, 0.3) is 0 Å². The molecule has 1 aromatic heterocycles. The molecule has 2 aliphatic heterocycles. The summed E-state index contributed by atoms with van der Waals surface area (Å²) >= 11 is 0. The number of nitrogens with zero attached hydrogens (tertiary/aromatic N) is 5. The van der Waals surface area contributed by atoms with E-state index in [1.165, 1.54) is 5.69 Å². The topological polar surface area (TPSA) is 73.5 Å². The maximum Gasteiger partial charge on any atom is 0.271 e. The number of carbonyl (C=O) groups excluding carboxylic acids is 1. The number of piperazine rings is 1. The summed E-state index contributed by atoms with van der Waals surface area (Å²) < 4.78 is 7.16. The Hall–Kier alpha value is -3.00. The molecule has 0 atom stereocenters. The molecule has 2 aliphatic rings. The first-order chi connectivity index (χ1) is 15.1. The lowest BCUT2D eigenvalue weighted by Crippen LogP contribution is -2.47. The Morgan fingerprint density at radius 1 is 1.10 bits per heavy atom. The van der Waals surface area contributed by atoms with Crippen molar-refractivity contribution in [3.8, 4) is 5.75 Å². The molecule has 1 amide bonds. The predicted molar refractivity (Wildman–Crippen MR) is 121 cm³/mol. The summed E-state index contributed by atoms with van der Waals surface area (Å²) in [5.41, 5.74) is 3.14. The van der Waals surface area contributed by atoms with Crippen LogP contribution in [0.3, 0.4) is 0 Å². The van der Waals surface area contributed by atoms with Gasteiger partial charge in [0.05, 0.1) is 12.8 Å². The molecule has 0 unspecified atom stereocenters. The van der Waals surface area contributed by atoms with Crippen molar-refractivity contribution < 1.29 is 14.7 Å². The van der Waals surface area contributed by atoms with Crippen LogP contribution < -0.4 is 9.64 Å². The number of oxime groups is 1. The summed E-state index contributed by atoms with van der Waals surface area (Å²) in [7, 11) is 3.55. The van der Waals surface area contributed by atoms with Crippen molar-refractivity contribution in [2.45, 2.75) is 12.8 Å². The Morgan fingerprint density at radius 2 is 1.90 bits per heavy atom. The van der Waals surface area contributed by atoms with Gasteiger partial charge in [0.2, 0.25) is 0 Å². The van der Waals surface area contributed by atoms with Crippen LogP contribution in [-0.4, -0.2) is 84.1 Å². The third-order valence-corrected chi connectivity index (χ3v) is 6.31. The number of aromatic nitrogens is 1. The first kappa shape index (κ1) is 21.2. The number of rotatable bonds is 6. The summed E-state index contributed by atoms with van der Waals surface area (Å²) in [6.07, 6.45) is 3.34. The molecule has 1 saturated heterocycles. The van der Waals surface area contributed by atoms with Crippen LogP contribution in [0.5, 0.6) is 5.75 Å². The molecule has 31 heavy (non-hydrogen) atoms. The third kappa shape index (κ3) is 4.54. The van der Waals surface area contributed by atoms with Crippen LogP contribution in [0.4, 0.5) is 5.69 Å². The van der Waals surface area contributed by atoms with Gasteiger partial charge in [0.25, 0.3) is 5.91 Å². The Labute approximate surface area is 183 Å². The van der Waals surface area contributed by atoms with Gasteiger partial charge in [0.15, 0.2) is 0 Å². The van der Waals surface area contributed by atoms with Gasteiger partial charge < -0.3 is 24.3 Å². The molecule has 0 spiro atoms. The Bertz CT molecular complexity index is 946. The number of carbonyl (C=O) groups is 1. The van der Waals surface area contributed by atoms with E-state index in [0.29, 0.717) is 30.9 Å². The maximum atomic E-state index is 13.1. The predicted octanol–water partition coefficient (Wildman–Crippen LogP) is 2.27. The molecule has 166 valence electrons. The van der Waals surface area contributed by atoms with Crippen molar-refractivity contribution in [1.82, 2.24) is 14.4 Å². The SMILES string of the molecule is COc1cccc(N2CCN(CCCN3CCC(=NO)c4ccn(C)c4C3=O)CC2)c1. The number of ether oxygens (including phenoxy) is 1. The van der Waals surface area contributed by atoms with Crippen molar-refractivity contribution >= 4 is 17.3 Å². The average molecular weight is 426 g/mol. The van der Waals surface area contributed by atoms with E-state index >= 15 is 0 Å². The Morgan fingerprint density at radius 3 is 2.65 bits per heavy atom. The summed E-state index contributed by atoms with van der Waals surface area (Å²) in [6, 6.07) is 10.1. The summed E-state index contributed by atoms with van der Waals surface area (Å²) in [4.78, 5) is 19.8. The third-order valence-electron chi connectivity index (χ3n) is 6.31. The lowest BCUT2D eigenvalue weighted by Gasteiger charge is -2.36. The number of amides is 1. The molecule has 1 aromatic carbocycles.